The number of aromatic hydroxyl groups is 1. The van der Waals surface area contributed by atoms with E-state index in [-0.39, 0.29) is 56.0 Å². The van der Waals surface area contributed by atoms with Crippen molar-refractivity contribution in [1.82, 2.24) is 21.3 Å². The average molecular weight is 637 g/mol. The molecular weight excluding hydrogens is 592 g/mol. The summed E-state index contributed by atoms with van der Waals surface area (Å²) < 4.78 is 10.3. The molecule has 5 N–H and O–H groups in total. The third-order valence-corrected chi connectivity index (χ3v) is 7.32. The molecule has 4 atom stereocenters. The number of alkyl carbamates (subject to hydrolysis) is 1. The van der Waals surface area contributed by atoms with Gasteiger partial charge in [0.15, 0.2) is 0 Å². The third-order valence-electron chi connectivity index (χ3n) is 7.32. The minimum absolute atomic E-state index is 0.00166. The highest BCUT2D eigenvalue weighted by Crippen LogP contribution is 2.18. The minimum atomic E-state index is -1.11. The fourth-order valence-electron chi connectivity index (χ4n) is 4.99. The average Bonchev–Trinajstić information content (AvgIpc) is 3.43. The van der Waals surface area contributed by atoms with Crippen LogP contribution in [0.15, 0.2) is 66.7 Å². The molecule has 3 rings (SSSR count). The number of benzene rings is 2. The molecule has 46 heavy (non-hydrogen) atoms. The van der Waals surface area contributed by atoms with Crippen LogP contribution in [0.5, 0.6) is 5.75 Å². The second-order valence-electron chi connectivity index (χ2n) is 11.6. The van der Waals surface area contributed by atoms with Crippen molar-refractivity contribution in [3.63, 3.8) is 0 Å². The number of hydrogen-bond acceptors (Lipinski definition) is 8. The van der Waals surface area contributed by atoms with Crippen LogP contribution < -0.4 is 21.3 Å². The molecule has 0 radical (unpaired) electrons. The summed E-state index contributed by atoms with van der Waals surface area (Å²) >= 11 is 0. The summed E-state index contributed by atoms with van der Waals surface area (Å²) in [6.45, 7) is 6.20. The lowest BCUT2D eigenvalue weighted by Crippen LogP contribution is -2.55. The summed E-state index contributed by atoms with van der Waals surface area (Å²) in [5.41, 5.74) is 1.43. The first kappa shape index (κ1) is 35.6. The van der Waals surface area contributed by atoms with Crippen molar-refractivity contribution in [3.8, 4) is 5.75 Å². The molecule has 2 aromatic rings. The molecule has 1 aliphatic rings. The largest absolute Gasteiger partial charge is 0.508 e. The zero-order valence-electron chi connectivity index (χ0n) is 26.5. The van der Waals surface area contributed by atoms with Crippen molar-refractivity contribution in [2.75, 3.05) is 13.2 Å². The Hall–Kier alpha value is -4.87. The molecule has 2 aromatic carbocycles. The first-order chi connectivity index (χ1) is 22.0. The topological polar surface area (TPSA) is 172 Å². The number of nitrogens with one attached hydrogen (secondary N) is 4. The summed E-state index contributed by atoms with van der Waals surface area (Å²) in [7, 11) is 0. The van der Waals surface area contributed by atoms with Crippen molar-refractivity contribution in [2.45, 2.75) is 71.2 Å². The summed E-state index contributed by atoms with van der Waals surface area (Å²) in [6, 6.07) is 12.5. The molecule has 12 nitrogen and oxygen atoms in total. The summed E-state index contributed by atoms with van der Waals surface area (Å²) in [5.74, 6) is -2.12. The van der Waals surface area contributed by atoms with Crippen LogP contribution in [0.25, 0.3) is 0 Å². The number of carbonyl (C=O) groups is 5. The van der Waals surface area contributed by atoms with Gasteiger partial charge in [0.1, 0.15) is 24.4 Å². The summed E-state index contributed by atoms with van der Waals surface area (Å²) in [6.07, 6.45) is 3.09. The van der Waals surface area contributed by atoms with Crippen LogP contribution in [0.3, 0.4) is 0 Å². The first-order valence-corrected chi connectivity index (χ1v) is 15.5. The van der Waals surface area contributed by atoms with Crippen LogP contribution in [0.4, 0.5) is 4.79 Å². The molecule has 0 spiro atoms. The minimum Gasteiger partial charge on any atom is -0.508 e. The van der Waals surface area contributed by atoms with E-state index in [0.717, 1.165) is 5.56 Å². The Balaban J connectivity index is 1.76. The molecule has 0 unspecified atom stereocenters. The zero-order valence-corrected chi connectivity index (χ0v) is 26.5. The molecule has 0 bridgehead atoms. The smallest absolute Gasteiger partial charge is 0.408 e. The van der Waals surface area contributed by atoms with Crippen LogP contribution in [-0.4, -0.2) is 66.2 Å². The lowest BCUT2D eigenvalue weighted by molar-refractivity contribution is -0.137. The van der Waals surface area contributed by atoms with E-state index in [4.69, 9.17) is 9.47 Å². The number of phenols is 1. The molecule has 0 saturated carbocycles. The van der Waals surface area contributed by atoms with Crippen molar-refractivity contribution < 1.29 is 38.6 Å². The lowest BCUT2D eigenvalue weighted by Gasteiger charge is -2.26. The number of esters is 1. The Labute approximate surface area is 269 Å². The van der Waals surface area contributed by atoms with Gasteiger partial charge in [-0.2, -0.15) is 0 Å². The monoisotopic (exact) mass is 636 g/mol. The second kappa shape index (κ2) is 18.2. The maximum atomic E-state index is 13.7. The number of rotatable bonds is 16. The maximum absolute atomic E-state index is 13.7. The standard InChI is InChI=1S/C34H44N4O8/c1-4-45-30(40)15-12-26(20-25-16-17-35-31(25)41)36-32(42)28(18-22(2)3)37-33(43)29(19-23-10-13-27(39)14-11-23)38-34(44)46-21-24-8-6-5-7-9-24/h5-15,22,25-26,28-29,39H,4,16-21H2,1-3H3,(H,35,41)(H,36,42)(H,37,43)(H,38,44)/b15-12+/t25-,26+,28-,29-/m0/s1. The van der Waals surface area contributed by atoms with Gasteiger partial charge in [0.25, 0.3) is 0 Å². The molecule has 1 aliphatic heterocycles. The van der Waals surface area contributed by atoms with Crippen LogP contribution in [0, 0.1) is 11.8 Å². The van der Waals surface area contributed by atoms with Crippen LogP contribution in [0.2, 0.25) is 0 Å². The predicted octanol–water partition coefficient (Wildman–Crippen LogP) is 2.89. The third kappa shape index (κ3) is 12.3. The van der Waals surface area contributed by atoms with E-state index in [1.165, 1.54) is 24.3 Å². The molecule has 12 heteroatoms. The van der Waals surface area contributed by atoms with Gasteiger partial charge in [-0.05, 0) is 55.4 Å². The zero-order chi connectivity index (χ0) is 33.5. The molecule has 1 heterocycles. The second-order valence-corrected chi connectivity index (χ2v) is 11.6. The van der Waals surface area contributed by atoms with E-state index < -0.39 is 42.0 Å². The van der Waals surface area contributed by atoms with Gasteiger partial charge in [-0.25, -0.2) is 9.59 Å². The molecule has 1 saturated heterocycles. The maximum Gasteiger partial charge on any atom is 0.408 e. The normalized spacial score (nSPS) is 16.3. The highest BCUT2D eigenvalue weighted by atomic mass is 16.5. The van der Waals surface area contributed by atoms with Gasteiger partial charge in [-0.1, -0.05) is 62.4 Å². The van der Waals surface area contributed by atoms with Gasteiger partial charge in [0.2, 0.25) is 17.7 Å². The molecule has 4 amide bonds. The van der Waals surface area contributed by atoms with Crippen molar-refractivity contribution in [2.24, 2.45) is 11.8 Å². The Morgan fingerprint density at radius 3 is 2.26 bits per heavy atom. The summed E-state index contributed by atoms with van der Waals surface area (Å²) in [4.78, 5) is 64.3. The quantitative estimate of drug-likeness (QED) is 0.138. The van der Waals surface area contributed by atoms with Crippen LogP contribution in [-0.2, 0) is 41.7 Å². The molecular formula is C34H44N4O8. The van der Waals surface area contributed by atoms with Crippen molar-refractivity contribution in [1.29, 1.82) is 0 Å². The fraction of sp³-hybridized carbons (Fsp3) is 0.441. The Morgan fingerprint density at radius 1 is 0.935 bits per heavy atom. The SMILES string of the molecule is CCOC(=O)/C=C/[C@H](C[C@@H]1CCNC1=O)NC(=O)[C@H](CC(C)C)NC(=O)[C@H](Cc1ccc(O)cc1)NC(=O)OCc1ccccc1. The summed E-state index contributed by atoms with van der Waals surface area (Å²) in [5, 5.41) is 20.7. The van der Waals surface area contributed by atoms with Gasteiger partial charge >= 0.3 is 12.1 Å². The van der Waals surface area contributed by atoms with E-state index in [1.54, 1.807) is 31.2 Å². The highest BCUT2D eigenvalue weighted by molar-refractivity contribution is 5.92. The van der Waals surface area contributed by atoms with Gasteiger partial charge < -0.3 is 35.8 Å². The van der Waals surface area contributed by atoms with E-state index in [9.17, 15) is 29.1 Å². The number of phenolic OH excluding ortho intramolecular Hbond substituents is 1. The van der Waals surface area contributed by atoms with E-state index >= 15 is 0 Å². The number of ether oxygens (including phenoxy) is 2. The number of carbonyl (C=O) groups excluding carboxylic acids is 5. The number of hydrogen-bond donors (Lipinski definition) is 5. The highest BCUT2D eigenvalue weighted by Gasteiger charge is 2.31. The van der Waals surface area contributed by atoms with Gasteiger partial charge in [-0.3, -0.25) is 14.4 Å². The van der Waals surface area contributed by atoms with Gasteiger partial charge in [0, 0.05) is 31.0 Å². The van der Waals surface area contributed by atoms with Crippen molar-refractivity contribution >= 4 is 29.8 Å². The van der Waals surface area contributed by atoms with E-state index in [0.29, 0.717) is 18.5 Å². The number of amides is 4. The van der Waals surface area contributed by atoms with E-state index in [2.05, 4.69) is 21.3 Å². The van der Waals surface area contributed by atoms with Gasteiger partial charge in [0.05, 0.1) is 6.61 Å². The Kier molecular flexibility index (Phi) is 14.1. The fourth-order valence-corrected chi connectivity index (χ4v) is 4.99. The predicted molar refractivity (Wildman–Crippen MR) is 170 cm³/mol. The molecule has 0 aromatic heterocycles. The Morgan fingerprint density at radius 2 is 1.63 bits per heavy atom. The van der Waals surface area contributed by atoms with Crippen LogP contribution in [0.1, 0.15) is 51.2 Å². The van der Waals surface area contributed by atoms with Gasteiger partial charge in [-0.15, -0.1) is 0 Å². The van der Waals surface area contributed by atoms with E-state index in [1.807, 2.05) is 32.0 Å². The van der Waals surface area contributed by atoms with Crippen molar-refractivity contribution in [3.05, 3.63) is 77.9 Å². The lowest BCUT2D eigenvalue weighted by atomic mass is 9.96. The first-order valence-electron chi connectivity index (χ1n) is 15.5. The Bertz CT molecular complexity index is 1350. The van der Waals surface area contributed by atoms with Crippen LogP contribution >= 0.6 is 0 Å². The molecule has 0 aliphatic carbocycles. The molecule has 248 valence electrons. The molecule has 1 fully saturated rings.